The van der Waals surface area contributed by atoms with Crippen molar-refractivity contribution in [2.24, 2.45) is 5.73 Å². The van der Waals surface area contributed by atoms with Crippen LogP contribution in [0.1, 0.15) is 5.56 Å². The van der Waals surface area contributed by atoms with Crippen LogP contribution in [-0.2, 0) is 11.2 Å². The van der Waals surface area contributed by atoms with E-state index in [1.165, 1.54) is 6.08 Å². The van der Waals surface area contributed by atoms with Gasteiger partial charge in [-0.2, -0.15) is 0 Å². The smallest absolute Gasteiger partial charge is 0.241 e. The van der Waals surface area contributed by atoms with E-state index in [1.807, 2.05) is 24.3 Å². The molecule has 0 aliphatic rings. The maximum atomic E-state index is 10.4. The van der Waals surface area contributed by atoms with E-state index >= 15 is 0 Å². The molecule has 0 atom stereocenters. The summed E-state index contributed by atoms with van der Waals surface area (Å²) in [7, 11) is 1.62. The Morgan fingerprint density at radius 2 is 2.21 bits per heavy atom. The Hall–Kier alpha value is -1.77. The van der Waals surface area contributed by atoms with Gasteiger partial charge in [-0.25, -0.2) is 0 Å². The fraction of sp³-hybridized carbons (Fsp3) is 0.182. The van der Waals surface area contributed by atoms with Gasteiger partial charge in [-0.05, 0) is 24.1 Å². The lowest BCUT2D eigenvalue weighted by Crippen LogP contribution is -2.05. The maximum Gasteiger partial charge on any atom is 0.241 e. The fourth-order valence-electron chi connectivity index (χ4n) is 1.17. The quantitative estimate of drug-likeness (QED) is 0.729. The van der Waals surface area contributed by atoms with Gasteiger partial charge in [-0.15, -0.1) is 0 Å². The van der Waals surface area contributed by atoms with Gasteiger partial charge in [0.2, 0.25) is 5.91 Å². The van der Waals surface area contributed by atoms with Crippen LogP contribution in [0.5, 0.6) is 5.75 Å². The van der Waals surface area contributed by atoms with Gasteiger partial charge in [-0.1, -0.05) is 24.3 Å². The van der Waals surface area contributed by atoms with Gasteiger partial charge in [0, 0.05) is 0 Å². The Morgan fingerprint density at radius 1 is 1.50 bits per heavy atom. The van der Waals surface area contributed by atoms with Crippen molar-refractivity contribution in [3.8, 4) is 5.75 Å². The summed E-state index contributed by atoms with van der Waals surface area (Å²) in [5.74, 6) is 0.390. The summed E-state index contributed by atoms with van der Waals surface area (Å²) in [6.07, 6.45) is 3.72. The first-order chi connectivity index (χ1) is 6.74. The number of carbonyl (C=O) groups excluding carboxylic acids is 1. The minimum atomic E-state index is -0.431. The second-order valence-corrected chi connectivity index (χ2v) is 2.82. The molecule has 0 aromatic heterocycles. The van der Waals surface area contributed by atoms with E-state index < -0.39 is 5.91 Å². The van der Waals surface area contributed by atoms with E-state index in [4.69, 9.17) is 10.5 Å². The SMILES string of the molecule is COc1ccccc1C/C=C/C(N)=O. The minimum absolute atomic E-state index is 0.431. The third kappa shape index (κ3) is 2.94. The number of hydrogen-bond acceptors (Lipinski definition) is 2. The molecule has 0 radical (unpaired) electrons. The fourth-order valence-corrected chi connectivity index (χ4v) is 1.17. The molecule has 0 aliphatic heterocycles. The number of rotatable bonds is 4. The van der Waals surface area contributed by atoms with Crippen molar-refractivity contribution < 1.29 is 9.53 Å². The number of carbonyl (C=O) groups is 1. The second-order valence-electron chi connectivity index (χ2n) is 2.82. The van der Waals surface area contributed by atoms with Gasteiger partial charge in [0.05, 0.1) is 7.11 Å². The summed E-state index contributed by atoms with van der Waals surface area (Å²) in [5, 5.41) is 0. The summed E-state index contributed by atoms with van der Waals surface area (Å²) in [5.41, 5.74) is 6.00. The van der Waals surface area contributed by atoms with Crippen LogP contribution in [0, 0.1) is 0 Å². The predicted octanol–water partition coefficient (Wildman–Crippen LogP) is 1.28. The molecule has 0 unspecified atom stereocenters. The van der Waals surface area contributed by atoms with Gasteiger partial charge < -0.3 is 10.5 Å². The Balaban J connectivity index is 2.71. The Labute approximate surface area is 83.2 Å². The second kappa shape index (κ2) is 5.07. The highest BCUT2D eigenvalue weighted by Crippen LogP contribution is 2.17. The molecule has 0 aliphatic carbocycles. The summed E-state index contributed by atoms with van der Waals surface area (Å²) >= 11 is 0. The summed E-state index contributed by atoms with van der Waals surface area (Å²) < 4.78 is 5.15. The van der Waals surface area contributed by atoms with Crippen molar-refractivity contribution in [2.75, 3.05) is 7.11 Å². The predicted molar refractivity (Wildman–Crippen MR) is 55.0 cm³/mol. The molecular weight excluding hydrogens is 178 g/mol. The lowest BCUT2D eigenvalue weighted by Gasteiger charge is -2.04. The molecular formula is C11H13NO2. The molecule has 0 spiro atoms. The summed E-state index contributed by atoms with van der Waals surface area (Å²) in [6.45, 7) is 0. The molecule has 1 aromatic rings. The van der Waals surface area contributed by atoms with E-state index in [9.17, 15) is 4.79 Å². The van der Waals surface area contributed by atoms with Crippen molar-refractivity contribution in [1.29, 1.82) is 0 Å². The van der Waals surface area contributed by atoms with Gasteiger partial charge in [0.1, 0.15) is 5.75 Å². The van der Waals surface area contributed by atoms with Gasteiger partial charge in [0.25, 0.3) is 0 Å². The number of para-hydroxylation sites is 1. The molecule has 0 saturated heterocycles. The average Bonchev–Trinajstić information content (AvgIpc) is 2.18. The first-order valence-electron chi connectivity index (χ1n) is 4.32. The Kier molecular flexibility index (Phi) is 3.73. The average molecular weight is 191 g/mol. The molecule has 0 heterocycles. The zero-order chi connectivity index (χ0) is 10.4. The van der Waals surface area contributed by atoms with Crippen molar-refractivity contribution in [3.05, 3.63) is 42.0 Å². The van der Waals surface area contributed by atoms with E-state index in [2.05, 4.69) is 0 Å². The van der Waals surface area contributed by atoms with Crippen LogP contribution in [-0.4, -0.2) is 13.0 Å². The van der Waals surface area contributed by atoms with Crippen LogP contribution >= 0.6 is 0 Å². The summed E-state index contributed by atoms with van der Waals surface area (Å²) in [6, 6.07) is 7.66. The van der Waals surface area contributed by atoms with Crippen LogP contribution in [0.25, 0.3) is 0 Å². The van der Waals surface area contributed by atoms with Crippen LogP contribution < -0.4 is 10.5 Å². The first-order valence-corrected chi connectivity index (χ1v) is 4.32. The lowest BCUT2D eigenvalue weighted by atomic mass is 10.1. The summed E-state index contributed by atoms with van der Waals surface area (Å²) in [4.78, 5) is 10.4. The largest absolute Gasteiger partial charge is 0.496 e. The van der Waals surface area contributed by atoms with E-state index in [0.717, 1.165) is 11.3 Å². The highest BCUT2D eigenvalue weighted by Gasteiger charge is 1.98. The van der Waals surface area contributed by atoms with Crippen LogP contribution in [0.3, 0.4) is 0 Å². The molecule has 3 nitrogen and oxygen atoms in total. The lowest BCUT2D eigenvalue weighted by molar-refractivity contribution is -0.113. The number of nitrogens with two attached hydrogens (primary N) is 1. The van der Waals surface area contributed by atoms with E-state index in [-0.39, 0.29) is 0 Å². The standard InChI is InChI=1S/C11H13NO2/c1-14-10-7-3-2-5-9(10)6-4-8-11(12)13/h2-5,7-8H,6H2,1H3,(H2,12,13)/b8-4+. The topological polar surface area (TPSA) is 52.3 Å². The molecule has 1 aromatic carbocycles. The van der Waals surface area contributed by atoms with E-state index in [1.54, 1.807) is 13.2 Å². The van der Waals surface area contributed by atoms with Gasteiger partial charge >= 0.3 is 0 Å². The molecule has 1 rings (SSSR count). The van der Waals surface area contributed by atoms with E-state index in [0.29, 0.717) is 6.42 Å². The Bertz CT molecular complexity index is 345. The third-order valence-corrected chi connectivity index (χ3v) is 1.81. The first kappa shape index (κ1) is 10.3. The van der Waals surface area contributed by atoms with Crippen molar-refractivity contribution in [1.82, 2.24) is 0 Å². The number of methoxy groups -OCH3 is 1. The van der Waals surface area contributed by atoms with Crippen LogP contribution in [0.4, 0.5) is 0 Å². The minimum Gasteiger partial charge on any atom is -0.496 e. The van der Waals surface area contributed by atoms with Crippen LogP contribution in [0.2, 0.25) is 0 Å². The Morgan fingerprint density at radius 3 is 2.86 bits per heavy atom. The highest BCUT2D eigenvalue weighted by atomic mass is 16.5. The van der Waals surface area contributed by atoms with Crippen molar-refractivity contribution >= 4 is 5.91 Å². The number of primary amides is 1. The number of hydrogen-bond donors (Lipinski definition) is 1. The number of allylic oxidation sites excluding steroid dienone is 1. The molecule has 0 bridgehead atoms. The van der Waals surface area contributed by atoms with Crippen molar-refractivity contribution in [2.45, 2.75) is 6.42 Å². The van der Waals surface area contributed by atoms with Gasteiger partial charge in [0.15, 0.2) is 0 Å². The van der Waals surface area contributed by atoms with Crippen molar-refractivity contribution in [3.63, 3.8) is 0 Å². The zero-order valence-electron chi connectivity index (χ0n) is 8.07. The number of benzene rings is 1. The highest BCUT2D eigenvalue weighted by molar-refractivity contribution is 5.85. The number of ether oxygens (including phenoxy) is 1. The molecule has 1 amide bonds. The molecule has 0 saturated carbocycles. The number of amides is 1. The zero-order valence-corrected chi connectivity index (χ0v) is 8.07. The maximum absolute atomic E-state index is 10.4. The van der Waals surface area contributed by atoms with Gasteiger partial charge in [-0.3, -0.25) is 4.79 Å². The monoisotopic (exact) mass is 191 g/mol. The van der Waals surface area contributed by atoms with Crippen LogP contribution in [0.15, 0.2) is 36.4 Å². The third-order valence-electron chi connectivity index (χ3n) is 1.81. The molecule has 2 N–H and O–H groups in total. The molecule has 3 heteroatoms. The normalized spacial score (nSPS) is 10.4. The molecule has 74 valence electrons. The molecule has 0 fully saturated rings. The molecule has 14 heavy (non-hydrogen) atoms.